The van der Waals surface area contributed by atoms with Gasteiger partial charge in [0.25, 0.3) is 5.91 Å². The third-order valence-electron chi connectivity index (χ3n) is 5.45. The Bertz CT molecular complexity index is 1180. The molecular weight excluding hydrogens is 400 g/mol. The van der Waals surface area contributed by atoms with Gasteiger partial charge in [-0.05, 0) is 62.2 Å². The number of ether oxygens (including phenoxy) is 1. The Labute approximate surface area is 188 Å². The lowest BCUT2D eigenvalue weighted by atomic mass is 9.85. The van der Waals surface area contributed by atoms with Crippen LogP contribution in [0.5, 0.6) is 5.75 Å². The van der Waals surface area contributed by atoms with Gasteiger partial charge < -0.3 is 15.4 Å². The van der Waals surface area contributed by atoms with E-state index in [0.29, 0.717) is 11.1 Å². The van der Waals surface area contributed by atoms with Crippen LogP contribution in [-0.4, -0.2) is 24.3 Å². The lowest BCUT2D eigenvalue weighted by Crippen LogP contribution is -2.43. The molecule has 162 valence electrons. The average molecular weight is 427 g/mol. The Morgan fingerprint density at radius 2 is 1.66 bits per heavy atom. The molecule has 3 aromatic carbocycles. The van der Waals surface area contributed by atoms with Crippen molar-refractivity contribution in [1.29, 1.82) is 0 Å². The van der Waals surface area contributed by atoms with Gasteiger partial charge in [0.15, 0.2) is 5.78 Å². The van der Waals surface area contributed by atoms with E-state index < -0.39 is 0 Å². The molecule has 0 unspecified atom stereocenters. The molecule has 4 rings (SSSR count). The van der Waals surface area contributed by atoms with E-state index in [0.717, 1.165) is 29.1 Å². The van der Waals surface area contributed by atoms with Gasteiger partial charge in [-0.25, -0.2) is 0 Å². The number of rotatable bonds is 5. The Morgan fingerprint density at radius 1 is 0.969 bits per heavy atom. The van der Waals surface area contributed by atoms with Crippen LogP contribution >= 0.6 is 0 Å². The molecule has 3 aromatic rings. The van der Waals surface area contributed by atoms with Gasteiger partial charge in [-0.3, -0.25) is 9.59 Å². The van der Waals surface area contributed by atoms with Crippen molar-refractivity contribution in [3.8, 4) is 5.75 Å². The first-order chi connectivity index (χ1) is 15.3. The summed E-state index contributed by atoms with van der Waals surface area (Å²) in [6.45, 7) is 4.22. The van der Waals surface area contributed by atoms with Crippen LogP contribution in [0.25, 0.3) is 5.70 Å². The van der Waals surface area contributed by atoms with E-state index in [1.807, 2.05) is 42.5 Å². The smallest absolute Gasteiger partial charge is 0.255 e. The second-order valence-electron chi connectivity index (χ2n) is 8.53. The summed E-state index contributed by atoms with van der Waals surface area (Å²) in [6, 6.07) is 21.9. The fraction of sp³-hybridized carbons (Fsp3) is 0.185. The summed E-state index contributed by atoms with van der Waals surface area (Å²) in [7, 11) is 1.63. The Hall–Kier alpha value is -3.86. The average Bonchev–Trinajstić information content (AvgIpc) is 2.79. The van der Waals surface area contributed by atoms with E-state index in [1.165, 1.54) is 5.56 Å². The number of para-hydroxylation sites is 1. The molecule has 1 aliphatic heterocycles. The zero-order valence-electron chi connectivity index (χ0n) is 18.4. The van der Waals surface area contributed by atoms with E-state index in [-0.39, 0.29) is 17.2 Å². The predicted octanol–water partition coefficient (Wildman–Crippen LogP) is 5.10. The molecule has 1 aliphatic rings. The van der Waals surface area contributed by atoms with Crippen molar-refractivity contribution in [2.75, 3.05) is 12.4 Å². The molecule has 1 amide bonds. The Balaban J connectivity index is 1.56. The van der Waals surface area contributed by atoms with Crippen LogP contribution in [0.4, 0.5) is 5.69 Å². The largest absolute Gasteiger partial charge is 0.497 e. The molecular formula is C27H26N2O3. The van der Waals surface area contributed by atoms with Crippen molar-refractivity contribution in [3.05, 3.63) is 101 Å². The van der Waals surface area contributed by atoms with Gasteiger partial charge >= 0.3 is 0 Å². The molecule has 0 saturated carbocycles. The minimum absolute atomic E-state index is 0.131. The van der Waals surface area contributed by atoms with Crippen LogP contribution < -0.4 is 15.4 Å². The van der Waals surface area contributed by atoms with E-state index in [1.54, 1.807) is 37.5 Å². The molecule has 0 spiro atoms. The zero-order valence-corrected chi connectivity index (χ0v) is 18.4. The van der Waals surface area contributed by atoms with Gasteiger partial charge in [0.05, 0.1) is 7.11 Å². The van der Waals surface area contributed by atoms with Gasteiger partial charge in [-0.15, -0.1) is 0 Å². The molecule has 1 heterocycles. The maximum Gasteiger partial charge on any atom is 0.255 e. The highest BCUT2D eigenvalue weighted by atomic mass is 16.5. The SMILES string of the molecule is COc1ccc2c(c1)C(=CC(=O)c1ccc(C(=O)Nc3ccccc3)cc1)NC(C)(C)C2. The van der Waals surface area contributed by atoms with Crippen LogP contribution in [0.15, 0.2) is 78.9 Å². The monoisotopic (exact) mass is 426 g/mol. The van der Waals surface area contributed by atoms with Crippen molar-refractivity contribution in [3.63, 3.8) is 0 Å². The molecule has 0 aromatic heterocycles. The first-order valence-electron chi connectivity index (χ1n) is 10.5. The number of ketones is 1. The summed E-state index contributed by atoms with van der Waals surface area (Å²) in [5.74, 6) is 0.400. The maximum absolute atomic E-state index is 13.0. The van der Waals surface area contributed by atoms with Crippen molar-refractivity contribution in [2.45, 2.75) is 25.8 Å². The number of carbonyl (C=O) groups excluding carboxylic acids is 2. The second-order valence-corrected chi connectivity index (χ2v) is 8.53. The predicted molar refractivity (Wildman–Crippen MR) is 127 cm³/mol. The molecule has 5 heteroatoms. The second kappa shape index (κ2) is 8.71. The number of anilines is 1. The van der Waals surface area contributed by atoms with E-state index in [9.17, 15) is 9.59 Å². The lowest BCUT2D eigenvalue weighted by Gasteiger charge is -2.35. The van der Waals surface area contributed by atoms with E-state index in [4.69, 9.17) is 4.74 Å². The quantitative estimate of drug-likeness (QED) is 0.440. The summed E-state index contributed by atoms with van der Waals surface area (Å²) in [6.07, 6.45) is 2.47. The number of carbonyl (C=O) groups is 2. The van der Waals surface area contributed by atoms with Crippen LogP contribution in [-0.2, 0) is 6.42 Å². The number of allylic oxidation sites excluding steroid dienone is 1. The molecule has 0 bridgehead atoms. The maximum atomic E-state index is 13.0. The zero-order chi connectivity index (χ0) is 22.7. The van der Waals surface area contributed by atoms with Gasteiger partial charge in [-0.1, -0.05) is 36.4 Å². The van der Waals surface area contributed by atoms with Gasteiger partial charge in [0.1, 0.15) is 5.75 Å². The highest BCUT2D eigenvalue weighted by Gasteiger charge is 2.28. The van der Waals surface area contributed by atoms with E-state index >= 15 is 0 Å². The van der Waals surface area contributed by atoms with Gasteiger partial charge in [-0.2, -0.15) is 0 Å². The fourth-order valence-corrected chi connectivity index (χ4v) is 3.88. The third-order valence-corrected chi connectivity index (χ3v) is 5.45. The first-order valence-corrected chi connectivity index (χ1v) is 10.5. The lowest BCUT2D eigenvalue weighted by molar-refractivity contribution is 0.102. The van der Waals surface area contributed by atoms with Gasteiger partial charge in [0, 0.05) is 39.7 Å². The van der Waals surface area contributed by atoms with Crippen molar-refractivity contribution >= 4 is 23.1 Å². The highest BCUT2D eigenvalue weighted by molar-refractivity contribution is 6.10. The number of methoxy groups -OCH3 is 1. The number of nitrogens with one attached hydrogen (secondary N) is 2. The molecule has 0 atom stereocenters. The number of amides is 1. The van der Waals surface area contributed by atoms with Crippen LogP contribution in [0.3, 0.4) is 0 Å². The molecule has 0 aliphatic carbocycles. The minimum Gasteiger partial charge on any atom is -0.497 e. The number of hydrogen-bond acceptors (Lipinski definition) is 4. The van der Waals surface area contributed by atoms with E-state index in [2.05, 4.69) is 30.5 Å². The van der Waals surface area contributed by atoms with Crippen LogP contribution in [0, 0.1) is 0 Å². The molecule has 2 N–H and O–H groups in total. The number of hydrogen-bond donors (Lipinski definition) is 2. The van der Waals surface area contributed by atoms with Crippen LogP contribution in [0.2, 0.25) is 0 Å². The summed E-state index contributed by atoms with van der Waals surface area (Å²) >= 11 is 0. The number of benzene rings is 3. The summed E-state index contributed by atoms with van der Waals surface area (Å²) in [5, 5.41) is 6.32. The van der Waals surface area contributed by atoms with Gasteiger partial charge in [0.2, 0.25) is 0 Å². The molecule has 0 saturated heterocycles. The Kier molecular flexibility index (Phi) is 5.82. The minimum atomic E-state index is -0.217. The fourth-order valence-electron chi connectivity index (χ4n) is 3.88. The summed E-state index contributed by atoms with van der Waals surface area (Å²) in [4.78, 5) is 25.5. The first kappa shape index (κ1) is 21.4. The van der Waals surface area contributed by atoms with Crippen molar-refractivity contribution < 1.29 is 14.3 Å². The Morgan fingerprint density at radius 3 is 2.34 bits per heavy atom. The topological polar surface area (TPSA) is 67.4 Å². The third kappa shape index (κ3) is 4.72. The van der Waals surface area contributed by atoms with Crippen molar-refractivity contribution in [1.82, 2.24) is 5.32 Å². The molecule has 32 heavy (non-hydrogen) atoms. The molecule has 5 nitrogen and oxygen atoms in total. The van der Waals surface area contributed by atoms with Crippen molar-refractivity contribution in [2.24, 2.45) is 0 Å². The normalized spacial score (nSPS) is 15.4. The number of fused-ring (bicyclic) bond motifs is 1. The highest BCUT2D eigenvalue weighted by Crippen LogP contribution is 2.32. The molecule has 0 radical (unpaired) electrons. The molecule has 0 fully saturated rings. The summed E-state index contributed by atoms with van der Waals surface area (Å²) < 4.78 is 5.37. The summed E-state index contributed by atoms with van der Waals surface area (Å²) in [5.41, 5.74) is 4.46. The van der Waals surface area contributed by atoms with Crippen LogP contribution in [0.1, 0.15) is 45.7 Å². The standard InChI is InChI=1S/C27H26N2O3/c1-27(2)17-20-13-14-22(32-3)15-23(20)24(29-27)16-25(30)18-9-11-19(12-10-18)26(31)28-21-7-5-4-6-8-21/h4-16,29H,17H2,1-3H3,(H,28,31).